The van der Waals surface area contributed by atoms with E-state index in [2.05, 4.69) is 0 Å². The van der Waals surface area contributed by atoms with Crippen LogP contribution in [-0.2, 0) is 26.6 Å². The Morgan fingerprint density at radius 1 is 1.12 bits per heavy atom. The fourth-order valence-electron chi connectivity index (χ4n) is 3.15. The number of ether oxygens (including phenoxy) is 2. The molecule has 2 aromatic rings. The minimum atomic E-state index is -1.56. The van der Waals surface area contributed by atoms with E-state index in [4.69, 9.17) is 9.47 Å². The second kappa shape index (κ2) is 5.40. The van der Waals surface area contributed by atoms with E-state index in [-0.39, 0.29) is 24.8 Å². The summed E-state index contributed by atoms with van der Waals surface area (Å²) in [4.78, 5) is 25.1. The van der Waals surface area contributed by atoms with Crippen LogP contribution in [0.3, 0.4) is 0 Å². The Bertz CT molecular complexity index is 815. The molecule has 0 saturated carbocycles. The van der Waals surface area contributed by atoms with Gasteiger partial charge in [0.1, 0.15) is 0 Å². The average molecular weight is 326 g/mol. The van der Waals surface area contributed by atoms with Crippen molar-refractivity contribution >= 4 is 17.3 Å². The van der Waals surface area contributed by atoms with Gasteiger partial charge in [-0.25, -0.2) is 0 Å². The quantitative estimate of drug-likeness (QED) is 0.639. The number of nitrogens with zero attached hydrogens (tertiary/aromatic N) is 2. The van der Waals surface area contributed by atoms with E-state index < -0.39 is 10.7 Å². The fourth-order valence-corrected chi connectivity index (χ4v) is 3.15. The lowest BCUT2D eigenvalue weighted by Crippen LogP contribution is -2.40. The van der Waals surface area contributed by atoms with Gasteiger partial charge in [-0.15, -0.1) is 0 Å². The number of rotatable bonds is 3. The van der Waals surface area contributed by atoms with Gasteiger partial charge < -0.3 is 14.4 Å². The second-order valence-electron chi connectivity index (χ2n) is 5.65. The topological polar surface area (TPSA) is 81.9 Å². The van der Waals surface area contributed by atoms with Crippen LogP contribution in [-0.4, -0.2) is 24.0 Å². The number of nitro groups is 1. The SMILES string of the molecule is O=C1N(Cc2ccccc2)c2ccc([N+](=O)[O-])cc2C12OCCO2. The molecule has 0 aliphatic carbocycles. The molecule has 7 heteroatoms. The molecule has 0 radical (unpaired) electrons. The molecule has 7 nitrogen and oxygen atoms in total. The molecule has 4 rings (SSSR count). The third kappa shape index (κ3) is 2.10. The number of amides is 1. The van der Waals surface area contributed by atoms with Crippen LogP contribution in [0.15, 0.2) is 48.5 Å². The van der Waals surface area contributed by atoms with E-state index in [1.54, 1.807) is 11.0 Å². The Morgan fingerprint density at radius 3 is 2.50 bits per heavy atom. The van der Waals surface area contributed by atoms with Gasteiger partial charge in [-0.1, -0.05) is 30.3 Å². The predicted octanol–water partition coefficient (Wildman–Crippen LogP) is 2.34. The van der Waals surface area contributed by atoms with Crippen LogP contribution in [0.5, 0.6) is 0 Å². The number of hydrogen-bond donors (Lipinski definition) is 0. The van der Waals surface area contributed by atoms with Crippen LogP contribution in [0.1, 0.15) is 11.1 Å². The third-order valence-corrected chi connectivity index (χ3v) is 4.24. The highest BCUT2D eigenvalue weighted by Crippen LogP contribution is 2.47. The van der Waals surface area contributed by atoms with Crippen LogP contribution in [0.25, 0.3) is 0 Å². The zero-order valence-corrected chi connectivity index (χ0v) is 12.7. The summed E-state index contributed by atoms with van der Waals surface area (Å²) in [5.41, 5.74) is 1.83. The van der Waals surface area contributed by atoms with Gasteiger partial charge in [-0.3, -0.25) is 14.9 Å². The lowest BCUT2D eigenvalue weighted by Gasteiger charge is -2.22. The van der Waals surface area contributed by atoms with E-state index in [0.717, 1.165) is 5.56 Å². The lowest BCUT2D eigenvalue weighted by molar-refractivity contribution is -0.385. The molecule has 0 unspecified atom stereocenters. The zero-order valence-electron chi connectivity index (χ0n) is 12.7. The van der Waals surface area contributed by atoms with E-state index in [1.807, 2.05) is 30.3 Å². The van der Waals surface area contributed by atoms with Crippen LogP contribution >= 0.6 is 0 Å². The number of anilines is 1. The van der Waals surface area contributed by atoms with Crippen molar-refractivity contribution in [1.82, 2.24) is 0 Å². The maximum atomic E-state index is 13.0. The minimum Gasteiger partial charge on any atom is -0.336 e. The number of non-ortho nitro benzene ring substituents is 1. The monoisotopic (exact) mass is 326 g/mol. The first-order valence-corrected chi connectivity index (χ1v) is 7.54. The number of carbonyl (C=O) groups is 1. The molecule has 0 atom stereocenters. The minimum absolute atomic E-state index is 0.0958. The van der Waals surface area contributed by atoms with Crippen molar-refractivity contribution in [2.75, 3.05) is 18.1 Å². The molecule has 2 aliphatic heterocycles. The van der Waals surface area contributed by atoms with E-state index in [9.17, 15) is 14.9 Å². The maximum Gasteiger partial charge on any atom is 0.292 e. The fraction of sp³-hybridized carbons (Fsp3) is 0.235. The summed E-state index contributed by atoms with van der Waals surface area (Å²) >= 11 is 0. The van der Waals surface area contributed by atoms with Crippen molar-refractivity contribution in [3.63, 3.8) is 0 Å². The summed E-state index contributed by atoms with van der Waals surface area (Å²) < 4.78 is 11.2. The molecule has 0 bridgehead atoms. The number of carbonyl (C=O) groups excluding carboxylic acids is 1. The molecule has 1 fully saturated rings. The summed E-state index contributed by atoms with van der Waals surface area (Å²) in [6.07, 6.45) is 0. The summed E-state index contributed by atoms with van der Waals surface area (Å²) in [5, 5.41) is 11.1. The van der Waals surface area contributed by atoms with Crippen molar-refractivity contribution < 1.29 is 19.2 Å². The highest BCUT2D eigenvalue weighted by molar-refractivity contribution is 6.06. The molecular weight excluding hydrogens is 312 g/mol. The summed E-state index contributed by atoms with van der Waals surface area (Å²) in [7, 11) is 0. The largest absolute Gasteiger partial charge is 0.336 e. The van der Waals surface area contributed by atoms with Crippen molar-refractivity contribution in [2.24, 2.45) is 0 Å². The third-order valence-electron chi connectivity index (χ3n) is 4.24. The van der Waals surface area contributed by atoms with Gasteiger partial charge in [0.25, 0.3) is 17.4 Å². The van der Waals surface area contributed by atoms with Gasteiger partial charge in [0, 0.05) is 12.1 Å². The molecule has 1 amide bonds. The van der Waals surface area contributed by atoms with Crippen LogP contribution in [0, 0.1) is 10.1 Å². The maximum absolute atomic E-state index is 13.0. The molecular formula is C17H14N2O5. The summed E-state index contributed by atoms with van der Waals surface area (Å²) in [6.45, 7) is 0.888. The molecule has 0 N–H and O–H groups in total. The number of benzene rings is 2. The van der Waals surface area contributed by atoms with Crippen molar-refractivity contribution in [2.45, 2.75) is 12.3 Å². The molecule has 1 saturated heterocycles. The first-order chi connectivity index (χ1) is 11.6. The molecule has 122 valence electrons. The molecule has 0 aromatic heterocycles. The Morgan fingerprint density at radius 2 is 1.83 bits per heavy atom. The standard InChI is InChI=1S/C17H14N2O5/c20-16-17(23-8-9-24-17)14-10-13(19(21)22)6-7-15(14)18(16)11-12-4-2-1-3-5-12/h1-7,10H,8-9,11H2. The average Bonchev–Trinajstić information content (AvgIpc) is 3.17. The Kier molecular flexibility index (Phi) is 3.33. The van der Waals surface area contributed by atoms with Crippen LogP contribution in [0.4, 0.5) is 11.4 Å². The normalized spacial score (nSPS) is 18.2. The van der Waals surface area contributed by atoms with Gasteiger partial charge in [0.15, 0.2) is 0 Å². The van der Waals surface area contributed by atoms with Gasteiger partial charge in [-0.05, 0) is 11.6 Å². The highest BCUT2D eigenvalue weighted by Gasteiger charge is 2.56. The van der Waals surface area contributed by atoms with Gasteiger partial charge in [0.2, 0.25) is 0 Å². The van der Waals surface area contributed by atoms with Gasteiger partial charge in [0.05, 0.1) is 35.9 Å². The number of fused-ring (bicyclic) bond motifs is 2. The highest BCUT2D eigenvalue weighted by atomic mass is 16.7. The summed E-state index contributed by atoms with van der Waals surface area (Å²) in [6, 6.07) is 13.8. The molecule has 2 heterocycles. The van der Waals surface area contributed by atoms with Crippen LogP contribution < -0.4 is 4.90 Å². The smallest absolute Gasteiger partial charge is 0.292 e. The van der Waals surface area contributed by atoms with Crippen LogP contribution in [0.2, 0.25) is 0 Å². The zero-order chi connectivity index (χ0) is 16.7. The Balaban J connectivity index is 1.81. The number of nitro benzene ring substituents is 1. The molecule has 1 spiro atoms. The van der Waals surface area contributed by atoms with Crippen molar-refractivity contribution in [3.8, 4) is 0 Å². The van der Waals surface area contributed by atoms with Gasteiger partial charge >= 0.3 is 0 Å². The van der Waals surface area contributed by atoms with E-state index in [1.165, 1.54) is 12.1 Å². The Hall–Kier alpha value is -2.77. The van der Waals surface area contributed by atoms with E-state index in [0.29, 0.717) is 17.8 Å². The molecule has 2 aliphatic rings. The van der Waals surface area contributed by atoms with Crippen molar-refractivity contribution in [1.29, 1.82) is 0 Å². The Labute approximate surface area is 137 Å². The summed E-state index contributed by atoms with van der Waals surface area (Å²) in [5.74, 6) is -1.91. The lowest BCUT2D eigenvalue weighted by atomic mass is 10.1. The number of hydrogen-bond acceptors (Lipinski definition) is 5. The van der Waals surface area contributed by atoms with Crippen molar-refractivity contribution in [3.05, 3.63) is 69.8 Å². The second-order valence-corrected chi connectivity index (χ2v) is 5.65. The first-order valence-electron chi connectivity index (χ1n) is 7.54. The van der Waals surface area contributed by atoms with Gasteiger partial charge in [-0.2, -0.15) is 0 Å². The molecule has 24 heavy (non-hydrogen) atoms. The van der Waals surface area contributed by atoms with E-state index >= 15 is 0 Å². The molecule has 2 aromatic carbocycles. The predicted molar refractivity (Wildman–Crippen MR) is 84.3 cm³/mol. The first kappa shape index (κ1) is 14.8.